The van der Waals surface area contributed by atoms with Crippen LogP contribution in [0.4, 0.5) is 0 Å². The molecule has 3 aromatic rings. The van der Waals surface area contributed by atoms with E-state index in [9.17, 15) is 0 Å². The fourth-order valence-electron chi connectivity index (χ4n) is 2.00. The van der Waals surface area contributed by atoms with Gasteiger partial charge in [0, 0.05) is 0 Å². The quantitative estimate of drug-likeness (QED) is 0.667. The van der Waals surface area contributed by atoms with E-state index in [1.807, 2.05) is 25.1 Å². The van der Waals surface area contributed by atoms with Gasteiger partial charge in [-0.25, -0.2) is 4.98 Å². The summed E-state index contributed by atoms with van der Waals surface area (Å²) in [6.07, 6.45) is -0.283. The van der Waals surface area contributed by atoms with Crippen molar-refractivity contribution in [2.24, 2.45) is 0 Å². The van der Waals surface area contributed by atoms with E-state index < -0.39 is 0 Å². The maximum absolute atomic E-state index is 6.09. The van der Waals surface area contributed by atoms with Crippen LogP contribution in [0.3, 0.4) is 0 Å². The molecule has 0 bridgehead atoms. The summed E-state index contributed by atoms with van der Waals surface area (Å²) >= 11 is 18.1. The van der Waals surface area contributed by atoms with Crippen molar-refractivity contribution in [1.82, 2.24) is 9.97 Å². The summed E-state index contributed by atoms with van der Waals surface area (Å²) in [4.78, 5) is 7.65. The van der Waals surface area contributed by atoms with Crippen LogP contribution in [0, 0.1) is 0 Å². The standard InChI is InChI=1S/C15H11Cl3N2O/c1-8(21-14-5-3-2-4-9(14)16)15-19-12-6-10(17)11(18)7-13(12)20-15/h2-8H,1H3,(H,19,20). The number of aromatic nitrogens is 2. The van der Waals surface area contributed by atoms with Crippen LogP contribution >= 0.6 is 34.8 Å². The second-order valence-corrected chi connectivity index (χ2v) is 5.82. The number of rotatable bonds is 3. The fourth-order valence-corrected chi connectivity index (χ4v) is 2.51. The summed E-state index contributed by atoms with van der Waals surface area (Å²) in [7, 11) is 0. The summed E-state index contributed by atoms with van der Waals surface area (Å²) in [5, 5.41) is 1.52. The zero-order valence-corrected chi connectivity index (χ0v) is 13.3. The van der Waals surface area contributed by atoms with E-state index in [4.69, 9.17) is 39.5 Å². The molecule has 0 aliphatic carbocycles. The van der Waals surface area contributed by atoms with Gasteiger partial charge in [-0.1, -0.05) is 46.9 Å². The van der Waals surface area contributed by atoms with Gasteiger partial charge in [-0.3, -0.25) is 0 Å². The largest absolute Gasteiger partial charge is 0.481 e. The number of nitrogens with one attached hydrogen (secondary N) is 1. The molecule has 0 radical (unpaired) electrons. The second-order valence-electron chi connectivity index (χ2n) is 4.60. The first kappa shape index (κ1) is 14.5. The van der Waals surface area contributed by atoms with Gasteiger partial charge in [-0.05, 0) is 31.2 Å². The van der Waals surface area contributed by atoms with Crippen molar-refractivity contribution < 1.29 is 4.74 Å². The van der Waals surface area contributed by atoms with Crippen LogP contribution in [-0.2, 0) is 0 Å². The van der Waals surface area contributed by atoms with Crippen LogP contribution in [0.2, 0.25) is 15.1 Å². The Morgan fingerprint density at radius 2 is 1.76 bits per heavy atom. The molecular formula is C15H11Cl3N2O. The number of aromatic amines is 1. The zero-order chi connectivity index (χ0) is 15.0. The first-order valence-corrected chi connectivity index (χ1v) is 7.44. The van der Waals surface area contributed by atoms with Crippen LogP contribution in [0.15, 0.2) is 36.4 Å². The minimum absolute atomic E-state index is 0.283. The van der Waals surface area contributed by atoms with Crippen molar-refractivity contribution >= 4 is 45.8 Å². The minimum Gasteiger partial charge on any atom is -0.481 e. The molecule has 1 heterocycles. The van der Waals surface area contributed by atoms with Crippen LogP contribution in [0.5, 0.6) is 5.75 Å². The Kier molecular flexibility index (Phi) is 3.98. The molecule has 0 amide bonds. The zero-order valence-electron chi connectivity index (χ0n) is 11.0. The van der Waals surface area contributed by atoms with Gasteiger partial charge in [0.05, 0.1) is 26.1 Å². The van der Waals surface area contributed by atoms with Gasteiger partial charge in [-0.15, -0.1) is 0 Å². The summed E-state index contributed by atoms with van der Waals surface area (Å²) in [6, 6.07) is 10.8. The molecule has 0 fully saturated rings. The highest BCUT2D eigenvalue weighted by atomic mass is 35.5. The SMILES string of the molecule is CC(Oc1ccccc1Cl)c1nc2cc(Cl)c(Cl)cc2[nH]1. The lowest BCUT2D eigenvalue weighted by Crippen LogP contribution is -2.05. The highest BCUT2D eigenvalue weighted by Gasteiger charge is 2.15. The van der Waals surface area contributed by atoms with E-state index in [1.165, 1.54) is 0 Å². The fraction of sp³-hybridized carbons (Fsp3) is 0.133. The third-order valence-corrected chi connectivity index (χ3v) is 4.10. The third-order valence-electron chi connectivity index (χ3n) is 3.07. The molecule has 0 spiro atoms. The predicted molar refractivity (Wildman–Crippen MR) is 86.6 cm³/mol. The lowest BCUT2D eigenvalue weighted by Gasteiger charge is -2.13. The van der Waals surface area contributed by atoms with Crippen LogP contribution in [-0.4, -0.2) is 9.97 Å². The van der Waals surface area contributed by atoms with E-state index in [1.54, 1.807) is 18.2 Å². The maximum atomic E-state index is 6.09. The molecule has 2 aromatic carbocycles. The highest BCUT2D eigenvalue weighted by Crippen LogP contribution is 2.30. The normalized spacial score (nSPS) is 12.6. The van der Waals surface area contributed by atoms with Crippen molar-refractivity contribution in [3.8, 4) is 5.75 Å². The van der Waals surface area contributed by atoms with E-state index >= 15 is 0 Å². The molecule has 0 saturated heterocycles. The van der Waals surface area contributed by atoms with Gasteiger partial charge < -0.3 is 9.72 Å². The summed E-state index contributed by atoms with van der Waals surface area (Å²) in [6.45, 7) is 1.89. The molecule has 0 aliphatic rings. The maximum Gasteiger partial charge on any atom is 0.153 e. The van der Waals surface area contributed by atoms with Crippen molar-refractivity contribution in [3.63, 3.8) is 0 Å². The summed E-state index contributed by atoms with van der Waals surface area (Å²) in [5.41, 5.74) is 1.56. The van der Waals surface area contributed by atoms with Crippen LogP contribution < -0.4 is 4.74 Å². The average Bonchev–Trinajstić information content (AvgIpc) is 2.85. The Morgan fingerprint density at radius 3 is 2.52 bits per heavy atom. The molecular weight excluding hydrogens is 331 g/mol. The van der Waals surface area contributed by atoms with Crippen molar-refractivity contribution in [2.45, 2.75) is 13.0 Å². The molecule has 3 nitrogen and oxygen atoms in total. The molecule has 1 N–H and O–H groups in total. The average molecular weight is 342 g/mol. The van der Waals surface area contributed by atoms with E-state index in [-0.39, 0.29) is 6.10 Å². The predicted octanol–water partition coefficient (Wildman–Crippen LogP) is 5.66. The molecule has 21 heavy (non-hydrogen) atoms. The number of halogens is 3. The second kappa shape index (κ2) is 5.76. The minimum atomic E-state index is -0.283. The molecule has 6 heteroatoms. The summed E-state index contributed by atoms with van der Waals surface area (Å²) in [5.74, 6) is 1.30. The van der Waals surface area contributed by atoms with Crippen molar-refractivity contribution in [3.05, 3.63) is 57.3 Å². The first-order valence-electron chi connectivity index (χ1n) is 6.30. The first-order chi connectivity index (χ1) is 10.0. The monoisotopic (exact) mass is 340 g/mol. The third kappa shape index (κ3) is 2.95. The van der Waals surface area contributed by atoms with Gasteiger partial charge >= 0.3 is 0 Å². The lowest BCUT2D eigenvalue weighted by molar-refractivity contribution is 0.218. The number of ether oxygens (including phenoxy) is 1. The number of benzene rings is 2. The number of hydrogen-bond acceptors (Lipinski definition) is 2. The van der Waals surface area contributed by atoms with Gasteiger partial charge in [0.1, 0.15) is 11.6 Å². The van der Waals surface area contributed by atoms with Gasteiger partial charge in [0.15, 0.2) is 6.10 Å². The van der Waals surface area contributed by atoms with Gasteiger partial charge in [-0.2, -0.15) is 0 Å². The van der Waals surface area contributed by atoms with Gasteiger partial charge in [0.2, 0.25) is 0 Å². The molecule has 1 unspecified atom stereocenters. The van der Waals surface area contributed by atoms with E-state index in [0.717, 1.165) is 11.0 Å². The van der Waals surface area contributed by atoms with Crippen LogP contribution in [0.1, 0.15) is 18.9 Å². The Labute approximate surface area is 136 Å². The topological polar surface area (TPSA) is 37.9 Å². The number of hydrogen-bond donors (Lipinski definition) is 1. The lowest BCUT2D eigenvalue weighted by atomic mass is 10.3. The smallest absolute Gasteiger partial charge is 0.153 e. The van der Waals surface area contributed by atoms with Gasteiger partial charge in [0.25, 0.3) is 0 Å². The van der Waals surface area contributed by atoms with E-state index in [2.05, 4.69) is 9.97 Å². The molecule has 1 atom stereocenters. The van der Waals surface area contributed by atoms with Crippen molar-refractivity contribution in [2.75, 3.05) is 0 Å². The van der Waals surface area contributed by atoms with Crippen molar-refractivity contribution in [1.29, 1.82) is 0 Å². The highest BCUT2D eigenvalue weighted by molar-refractivity contribution is 6.42. The Hall–Kier alpha value is -1.42. The number of para-hydroxylation sites is 1. The number of fused-ring (bicyclic) bond motifs is 1. The van der Waals surface area contributed by atoms with Crippen LogP contribution in [0.25, 0.3) is 11.0 Å². The molecule has 1 aromatic heterocycles. The molecule has 3 rings (SSSR count). The number of nitrogens with zero attached hydrogens (tertiary/aromatic N) is 1. The summed E-state index contributed by atoms with van der Waals surface area (Å²) < 4.78 is 5.83. The number of H-pyrrole nitrogens is 1. The molecule has 108 valence electrons. The Balaban J connectivity index is 1.91. The Morgan fingerprint density at radius 1 is 1.05 bits per heavy atom. The molecule has 0 aliphatic heterocycles. The number of imidazole rings is 1. The Bertz CT molecular complexity index is 762. The molecule has 0 saturated carbocycles. The van der Waals surface area contributed by atoms with E-state index in [0.29, 0.717) is 26.6 Å².